The predicted octanol–water partition coefficient (Wildman–Crippen LogP) is 3.66. The highest BCUT2D eigenvalue weighted by Crippen LogP contribution is 2.30. The van der Waals surface area contributed by atoms with E-state index in [1.807, 2.05) is 12.1 Å². The number of aromatic nitrogens is 3. The highest BCUT2D eigenvalue weighted by Gasteiger charge is 2.23. The predicted molar refractivity (Wildman–Crippen MR) is 105 cm³/mol. The van der Waals surface area contributed by atoms with Crippen LogP contribution in [0.4, 0.5) is 0 Å². The number of rotatable bonds is 3. The molecule has 0 radical (unpaired) electrons. The molecule has 3 heterocycles. The maximum absolute atomic E-state index is 10.4. The molecule has 4 rings (SSSR count). The van der Waals surface area contributed by atoms with Gasteiger partial charge in [0.25, 0.3) is 0 Å². The van der Waals surface area contributed by atoms with Crippen LogP contribution in [0.1, 0.15) is 19.7 Å². The molecule has 3 aromatic rings. The topological polar surface area (TPSA) is 71.4 Å². The van der Waals surface area contributed by atoms with Gasteiger partial charge in [-0.25, -0.2) is 4.98 Å². The average Bonchev–Trinajstić information content (AvgIpc) is 2.61. The fourth-order valence-electron chi connectivity index (χ4n) is 3.59. The number of morpholine rings is 1. The van der Waals surface area contributed by atoms with Crippen molar-refractivity contribution in [3.63, 3.8) is 0 Å². The zero-order valence-electron chi connectivity index (χ0n) is 15.3. The highest BCUT2D eigenvalue weighted by molar-refractivity contribution is 6.33. The Labute approximate surface area is 162 Å². The van der Waals surface area contributed by atoms with E-state index in [0.29, 0.717) is 34.0 Å². The van der Waals surface area contributed by atoms with Gasteiger partial charge in [0.05, 0.1) is 40.4 Å². The van der Waals surface area contributed by atoms with Crippen molar-refractivity contribution in [2.24, 2.45) is 0 Å². The number of fused-ring (bicyclic) bond motifs is 1. The summed E-state index contributed by atoms with van der Waals surface area (Å²) in [6.45, 7) is 6.32. The lowest BCUT2D eigenvalue weighted by Crippen LogP contribution is -2.45. The van der Waals surface area contributed by atoms with Crippen molar-refractivity contribution in [1.29, 1.82) is 0 Å². The van der Waals surface area contributed by atoms with Crippen LogP contribution < -0.4 is 0 Å². The number of benzene rings is 1. The third kappa shape index (κ3) is 3.88. The molecule has 140 valence electrons. The van der Waals surface area contributed by atoms with Crippen LogP contribution in [0.25, 0.3) is 22.2 Å². The van der Waals surface area contributed by atoms with Crippen LogP contribution in [-0.2, 0) is 11.3 Å². The first-order valence-corrected chi connectivity index (χ1v) is 9.36. The summed E-state index contributed by atoms with van der Waals surface area (Å²) in [5.41, 5.74) is 2.22. The summed E-state index contributed by atoms with van der Waals surface area (Å²) in [6, 6.07) is 9.15. The fraction of sp³-hybridized carbons (Fsp3) is 0.350. The molecule has 27 heavy (non-hydrogen) atoms. The Balaban J connectivity index is 1.68. The van der Waals surface area contributed by atoms with Gasteiger partial charge < -0.3 is 9.84 Å². The van der Waals surface area contributed by atoms with Crippen LogP contribution in [0, 0.1) is 0 Å². The molecule has 0 bridgehead atoms. The summed E-state index contributed by atoms with van der Waals surface area (Å²) >= 11 is 6.27. The van der Waals surface area contributed by atoms with Crippen LogP contribution in [0.3, 0.4) is 0 Å². The Hall–Kier alpha value is -2.28. The van der Waals surface area contributed by atoms with Gasteiger partial charge in [-0.2, -0.15) is 4.98 Å². The van der Waals surface area contributed by atoms with E-state index in [4.69, 9.17) is 16.3 Å². The lowest BCUT2D eigenvalue weighted by Gasteiger charge is -2.34. The van der Waals surface area contributed by atoms with Crippen molar-refractivity contribution in [3.05, 3.63) is 47.4 Å². The molecular weight excluding hydrogens is 364 g/mol. The Morgan fingerprint density at radius 2 is 1.96 bits per heavy atom. The van der Waals surface area contributed by atoms with E-state index >= 15 is 0 Å². The summed E-state index contributed by atoms with van der Waals surface area (Å²) in [7, 11) is 0. The van der Waals surface area contributed by atoms with Gasteiger partial charge in [-0.1, -0.05) is 17.7 Å². The van der Waals surface area contributed by atoms with Crippen LogP contribution in [0.15, 0.2) is 36.5 Å². The molecule has 0 aliphatic carbocycles. The Kier molecular flexibility index (Phi) is 4.95. The zero-order chi connectivity index (χ0) is 19.0. The van der Waals surface area contributed by atoms with Crippen LogP contribution in [-0.4, -0.2) is 50.3 Å². The van der Waals surface area contributed by atoms with E-state index in [0.717, 1.165) is 18.7 Å². The van der Waals surface area contributed by atoms with Gasteiger partial charge in [0.1, 0.15) is 5.82 Å². The first kappa shape index (κ1) is 18.1. The highest BCUT2D eigenvalue weighted by atomic mass is 35.5. The van der Waals surface area contributed by atoms with E-state index in [1.165, 1.54) is 0 Å². The number of halogens is 1. The number of pyridine rings is 1. The Morgan fingerprint density at radius 3 is 2.70 bits per heavy atom. The van der Waals surface area contributed by atoms with E-state index < -0.39 is 0 Å². The van der Waals surface area contributed by atoms with E-state index in [2.05, 4.69) is 33.7 Å². The Bertz CT molecular complexity index is 971. The minimum absolute atomic E-state index is 0.0111. The molecule has 1 aliphatic rings. The van der Waals surface area contributed by atoms with Crippen molar-refractivity contribution in [3.8, 4) is 17.1 Å². The molecule has 0 unspecified atom stereocenters. The molecule has 2 atom stereocenters. The summed E-state index contributed by atoms with van der Waals surface area (Å²) < 4.78 is 5.77. The van der Waals surface area contributed by atoms with Gasteiger partial charge in [0.15, 0.2) is 0 Å². The summed E-state index contributed by atoms with van der Waals surface area (Å²) in [6.07, 6.45) is 2.04. The monoisotopic (exact) mass is 384 g/mol. The third-order valence-corrected chi connectivity index (χ3v) is 4.92. The molecule has 7 heteroatoms. The lowest BCUT2D eigenvalue weighted by atomic mass is 10.1. The maximum atomic E-state index is 10.4. The van der Waals surface area contributed by atoms with E-state index in [1.54, 1.807) is 24.4 Å². The zero-order valence-corrected chi connectivity index (χ0v) is 16.0. The van der Waals surface area contributed by atoms with Crippen LogP contribution in [0.5, 0.6) is 5.88 Å². The average molecular weight is 385 g/mol. The second-order valence-electron chi connectivity index (χ2n) is 6.98. The van der Waals surface area contributed by atoms with Crippen LogP contribution in [0.2, 0.25) is 5.02 Å². The first-order chi connectivity index (χ1) is 13.0. The van der Waals surface area contributed by atoms with Crippen molar-refractivity contribution in [2.45, 2.75) is 32.6 Å². The maximum Gasteiger partial charge on any atom is 0.222 e. The largest absolute Gasteiger partial charge is 0.493 e. The molecule has 1 fully saturated rings. The minimum atomic E-state index is -0.0111. The summed E-state index contributed by atoms with van der Waals surface area (Å²) in [5.74, 6) is 0.577. The van der Waals surface area contributed by atoms with E-state index in [-0.39, 0.29) is 18.1 Å². The molecule has 1 N–H and O–H groups in total. The summed E-state index contributed by atoms with van der Waals surface area (Å²) in [4.78, 5) is 15.6. The van der Waals surface area contributed by atoms with Gasteiger partial charge in [0, 0.05) is 24.8 Å². The molecule has 1 saturated heterocycles. The molecule has 6 nitrogen and oxygen atoms in total. The second-order valence-corrected chi connectivity index (χ2v) is 7.39. The number of hydrogen-bond acceptors (Lipinski definition) is 6. The molecular formula is C20H21ClN4O2. The van der Waals surface area contributed by atoms with Gasteiger partial charge >= 0.3 is 0 Å². The van der Waals surface area contributed by atoms with Crippen molar-refractivity contribution < 1.29 is 9.84 Å². The minimum Gasteiger partial charge on any atom is -0.493 e. The second kappa shape index (κ2) is 7.38. The Morgan fingerprint density at radius 1 is 1.19 bits per heavy atom. The smallest absolute Gasteiger partial charge is 0.222 e. The fourth-order valence-corrected chi connectivity index (χ4v) is 3.82. The third-order valence-electron chi connectivity index (χ3n) is 4.62. The van der Waals surface area contributed by atoms with E-state index in [9.17, 15) is 5.11 Å². The molecule has 1 aromatic carbocycles. The molecule has 0 spiro atoms. The number of nitrogens with zero attached hydrogens (tertiary/aromatic N) is 4. The first-order valence-electron chi connectivity index (χ1n) is 8.98. The van der Waals surface area contributed by atoms with Gasteiger partial charge in [0.2, 0.25) is 5.88 Å². The SMILES string of the molecule is C[C@@H]1CN(Cc2nc(O)c3ccc(-c4ncccc4Cl)cc3n2)C[C@@H](C)O1. The van der Waals surface area contributed by atoms with Crippen LogP contribution >= 0.6 is 11.6 Å². The normalized spacial score (nSPS) is 20.9. The van der Waals surface area contributed by atoms with Gasteiger partial charge in [-0.05, 0) is 38.1 Å². The number of hydrogen-bond donors (Lipinski definition) is 1. The molecule has 0 saturated carbocycles. The van der Waals surface area contributed by atoms with Gasteiger partial charge in [-0.3, -0.25) is 9.88 Å². The number of aromatic hydroxyl groups is 1. The molecule has 1 aliphatic heterocycles. The lowest BCUT2D eigenvalue weighted by molar-refractivity contribution is -0.0710. The van der Waals surface area contributed by atoms with Crippen molar-refractivity contribution in [1.82, 2.24) is 19.9 Å². The quantitative estimate of drug-likeness (QED) is 0.743. The van der Waals surface area contributed by atoms with Crippen molar-refractivity contribution in [2.75, 3.05) is 13.1 Å². The van der Waals surface area contributed by atoms with Gasteiger partial charge in [-0.15, -0.1) is 0 Å². The molecule has 2 aromatic heterocycles. The molecule has 0 amide bonds. The summed E-state index contributed by atoms with van der Waals surface area (Å²) in [5, 5.41) is 11.6. The number of ether oxygens (including phenoxy) is 1. The standard InChI is InChI=1S/C20H21ClN4O2/c1-12-9-25(10-13(2)27-12)11-18-23-17-8-14(5-6-15(17)20(26)24-18)19-16(21)4-3-7-22-19/h3-8,12-13H,9-11H2,1-2H3,(H,23,24,26)/t12-,13-/m1/s1. The van der Waals surface area contributed by atoms with Crippen molar-refractivity contribution >= 4 is 22.5 Å².